The van der Waals surface area contributed by atoms with Crippen molar-refractivity contribution in [3.63, 3.8) is 0 Å². The van der Waals surface area contributed by atoms with Crippen LogP contribution in [0.2, 0.25) is 0 Å². The molecule has 0 unspecified atom stereocenters. The lowest BCUT2D eigenvalue weighted by Crippen LogP contribution is -2.32. The highest BCUT2D eigenvalue weighted by Gasteiger charge is 2.24. The van der Waals surface area contributed by atoms with Gasteiger partial charge in [-0.15, -0.1) is 0 Å². The summed E-state index contributed by atoms with van der Waals surface area (Å²) < 4.78 is 0. The van der Waals surface area contributed by atoms with E-state index in [1.165, 1.54) is 0 Å². The Morgan fingerprint density at radius 3 is 2.96 bits per heavy atom. The first-order valence-corrected chi connectivity index (χ1v) is 8.75. The highest BCUT2D eigenvalue weighted by Crippen LogP contribution is 2.26. The van der Waals surface area contributed by atoms with E-state index in [4.69, 9.17) is 0 Å². The van der Waals surface area contributed by atoms with Crippen molar-refractivity contribution in [1.29, 1.82) is 0 Å². The highest BCUT2D eigenvalue weighted by molar-refractivity contribution is 6.07. The first-order valence-electron chi connectivity index (χ1n) is 8.75. The molecule has 132 valence electrons. The molecule has 6 nitrogen and oxygen atoms in total. The number of nitrogens with zero attached hydrogens (tertiary/aromatic N) is 3. The normalized spacial score (nSPS) is 16.8. The molecule has 0 saturated carbocycles. The summed E-state index contributed by atoms with van der Waals surface area (Å²) in [4.78, 5) is 23.4. The fourth-order valence-corrected chi connectivity index (χ4v) is 3.48. The van der Waals surface area contributed by atoms with Crippen LogP contribution in [0.15, 0.2) is 54.9 Å². The maximum atomic E-state index is 12.7. The number of carbonyl (C=O) groups excluding carboxylic acids is 1. The van der Waals surface area contributed by atoms with Gasteiger partial charge in [-0.05, 0) is 37.1 Å². The van der Waals surface area contributed by atoms with Gasteiger partial charge in [0.15, 0.2) is 0 Å². The van der Waals surface area contributed by atoms with Crippen LogP contribution in [-0.2, 0) is 0 Å². The number of rotatable bonds is 4. The van der Waals surface area contributed by atoms with Gasteiger partial charge < -0.3 is 15.3 Å². The predicted octanol–water partition coefficient (Wildman–Crippen LogP) is 2.84. The summed E-state index contributed by atoms with van der Waals surface area (Å²) in [7, 11) is 0. The van der Waals surface area contributed by atoms with Crippen LogP contribution in [0.25, 0.3) is 10.9 Å². The Morgan fingerprint density at radius 2 is 2.08 bits per heavy atom. The van der Waals surface area contributed by atoms with Gasteiger partial charge in [0.2, 0.25) is 0 Å². The lowest BCUT2D eigenvalue weighted by Gasteiger charge is -2.25. The van der Waals surface area contributed by atoms with E-state index < -0.39 is 0 Å². The SMILES string of the molecule is O=C(Nc1cccc2cccnc12)c1cc(N2CCC[C@H]2CO)ccn1. The lowest BCUT2D eigenvalue weighted by molar-refractivity contribution is 0.102. The van der Waals surface area contributed by atoms with Crippen molar-refractivity contribution in [2.45, 2.75) is 18.9 Å². The highest BCUT2D eigenvalue weighted by atomic mass is 16.3. The summed E-state index contributed by atoms with van der Waals surface area (Å²) >= 11 is 0. The van der Waals surface area contributed by atoms with Gasteiger partial charge in [-0.2, -0.15) is 0 Å². The number of pyridine rings is 2. The van der Waals surface area contributed by atoms with Gasteiger partial charge in [0.05, 0.1) is 23.9 Å². The van der Waals surface area contributed by atoms with Gasteiger partial charge in [-0.1, -0.05) is 18.2 Å². The Hall–Kier alpha value is -2.99. The molecule has 0 bridgehead atoms. The molecular weight excluding hydrogens is 328 g/mol. The van der Waals surface area contributed by atoms with Crippen LogP contribution in [0, 0.1) is 0 Å². The van der Waals surface area contributed by atoms with E-state index in [-0.39, 0.29) is 18.6 Å². The number of hydrogen-bond donors (Lipinski definition) is 2. The average molecular weight is 348 g/mol. The molecule has 0 radical (unpaired) electrons. The molecule has 2 N–H and O–H groups in total. The van der Waals surface area contributed by atoms with Gasteiger partial charge in [0, 0.05) is 30.0 Å². The van der Waals surface area contributed by atoms with Gasteiger partial charge >= 0.3 is 0 Å². The number of benzene rings is 1. The number of amides is 1. The van der Waals surface area contributed by atoms with Crippen molar-refractivity contribution in [2.75, 3.05) is 23.4 Å². The molecule has 4 rings (SSSR count). The molecule has 1 aliphatic rings. The second-order valence-electron chi connectivity index (χ2n) is 6.41. The summed E-state index contributed by atoms with van der Waals surface area (Å²) in [6.45, 7) is 0.995. The van der Waals surface area contributed by atoms with Gasteiger partial charge in [0.25, 0.3) is 5.91 Å². The standard InChI is InChI=1S/C20H20N4O2/c25-13-16-6-3-11-24(16)15-8-10-21-18(12-15)20(26)23-17-7-1-4-14-5-2-9-22-19(14)17/h1-2,4-5,7-10,12,16,25H,3,6,11,13H2,(H,23,26)/t16-/m0/s1. The second-order valence-corrected chi connectivity index (χ2v) is 6.41. The molecule has 26 heavy (non-hydrogen) atoms. The smallest absolute Gasteiger partial charge is 0.274 e. The Bertz CT molecular complexity index is 939. The van der Waals surface area contributed by atoms with E-state index >= 15 is 0 Å². The van der Waals surface area contributed by atoms with Crippen molar-refractivity contribution in [1.82, 2.24) is 9.97 Å². The van der Waals surface area contributed by atoms with Crippen molar-refractivity contribution in [2.24, 2.45) is 0 Å². The number of nitrogens with one attached hydrogen (secondary N) is 1. The first kappa shape index (κ1) is 16.5. The molecule has 1 amide bonds. The number of hydrogen-bond acceptors (Lipinski definition) is 5. The van der Waals surface area contributed by atoms with Crippen LogP contribution in [0.4, 0.5) is 11.4 Å². The molecular formula is C20H20N4O2. The predicted molar refractivity (Wildman–Crippen MR) is 101 cm³/mol. The molecule has 6 heteroatoms. The molecule has 3 aromatic rings. The van der Waals surface area contributed by atoms with Gasteiger partial charge in [-0.25, -0.2) is 0 Å². The molecule has 3 heterocycles. The van der Waals surface area contributed by atoms with E-state index in [2.05, 4.69) is 20.2 Å². The van der Waals surface area contributed by atoms with Crippen LogP contribution in [0.5, 0.6) is 0 Å². The summed E-state index contributed by atoms with van der Waals surface area (Å²) in [5.41, 5.74) is 2.67. The third-order valence-electron chi connectivity index (χ3n) is 4.78. The average Bonchev–Trinajstić information content (AvgIpc) is 3.17. The maximum Gasteiger partial charge on any atom is 0.274 e. The summed E-state index contributed by atoms with van der Waals surface area (Å²) in [6.07, 6.45) is 5.34. The Balaban J connectivity index is 1.59. The lowest BCUT2D eigenvalue weighted by atomic mass is 10.2. The maximum absolute atomic E-state index is 12.7. The molecule has 1 aliphatic heterocycles. The van der Waals surface area contributed by atoms with E-state index in [1.54, 1.807) is 18.5 Å². The van der Waals surface area contributed by atoms with Crippen LogP contribution in [-0.4, -0.2) is 40.2 Å². The summed E-state index contributed by atoms with van der Waals surface area (Å²) in [5.74, 6) is -0.273. The zero-order valence-electron chi connectivity index (χ0n) is 14.3. The van der Waals surface area contributed by atoms with E-state index in [0.29, 0.717) is 11.4 Å². The van der Waals surface area contributed by atoms with Gasteiger partial charge in [-0.3, -0.25) is 14.8 Å². The number of anilines is 2. The van der Waals surface area contributed by atoms with E-state index in [0.717, 1.165) is 36.0 Å². The Kier molecular flexibility index (Phi) is 4.50. The van der Waals surface area contributed by atoms with Crippen molar-refractivity contribution >= 4 is 28.2 Å². The van der Waals surface area contributed by atoms with Crippen LogP contribution in [0.1, 0.15) is 23.3 Å². The fraction of sp³-hybridized carbons (Fsp3) is 0.250. The monoisotopic (exact) mass is 348 g/mol. The second kappa shape index (κ2) is 7.09. The van der Waals surface area contributed by atoms with Crippen molar-refractivity contribution in [3.8, 4) is 0 Å². The third kappa shape index (κ3) is 3.11. The number of fused-ring (bicyclic) bond motifs is 1. The molecule has 1 atom stereocenters. The topological polar surface area (TPSA) is 78.4 Å². The number of aliphatic hydroxyl groups excluding tert-OH is 1. The van der Waals surface area contributed by atoms with Crippen LogP contribution in [0.3, 0.4) is 0 Å². The minimum Gasteiger partial charge on any atom is -0.394 e. The zero-order chi connectivity index (χ0) is 17.9. The minimum absolute atomic E-state index is 0.107. The zero-order valence-corrected chi connectivity index (χ0v) is 14.3. The van der Waals surface area contributed by atoms with Gasteiger partial charge in [0.1, 0.15) is 5.69 Å². The number of carbonyl (C=O) groups is 1. The Labute approximate surface area is 151 Å². The van der Waals surface area contributed by atoms with E-state index in [9.17, 15) is 9.90 Å². The number of aromatic nitrogens is 2. The first-order chi connectivity index (χ1) is 12.8. The van der Waals surface area contributed by atoms with Crippen molar-refractivity contribution in [3.05, 3.63) is 60.6 Å². The van der Waals surface area contributed by atoms with Crippen molar-refractivity contribution < 1.29 is 9.90 Å². The largest absolute Gasteiger partial charge is 0.394 e. The Morgan fingerprint density at radius 1 is 1.19 bits per heavy atom. The molecule has 2 aromatic heterocycles. The third-order valence-corrected chi connectivity index (χ3v) is 4.78. The fourth-order valence-electron chi connectivity index (χ4n) is 3.48. The molecule has 0 aliphatic carbocycles. The summed E-state index contributed by atoms with van der Waals surface area (Å²) in [6, 6.07) is 13.3. The van der Waals surface area contributed by atoms with E-state index in [1.807, 2.05) is 36.4 Å². The molecule has 1 fully saturated rings. The van der Waals surface area contributed by atoms with Crippen LogP contribution < -0.4 is 10.2 Å². The summed E-state index contributed by atoms with van der Waals surface area (Å²) in [5, 5.41) is 13.4. The minimum atomic E-state index is -0.273. The quantitative estimate of drug-likeness (QED) is 0.758. The molecule has 1 saturated heterocycles. The number of para-hydroxylation sites is 1. The molecule has 1 aromatic carbocycles. The molecule has 0 spiro atoms. The van der Waals surface area contributed by atoms with Crippen LogP contribution >= 0.6 is 0 Å². The number of aliphatic hydroxyl groups is 1.